The van der Waals surface area contributed by atoms with E-state index >= 15 is 0 Å². The minimum atomic E-state index is -0.622. The number of carboxylic acid groups (broad SMARTS) is 1. The average molecular weight is 361 g/mol. The Morgan fingerprint density at radius 2 is 2.12 bits per heavy atom. The fraction of sp³-hybridized carbons (Fsp3) is 0.353. The molecule has 3 N–H and O–H groups in total. The average Bonchev–Trinajstić information content (AvgIpc) is 2.51. The van der Waals surface area contributed by atoms with Crippen LogP contribution in [0.2, 0.25) is 0 Å². The predicted octanol–water partition coefficient (Wildman–Crippen LogP) is 0.930. The third kappa shape index (κ3) is 4.65. The van der Waals surface area contributed by atoms with Gasteiger partial charge < -0.3 is 19.8 Å². The molecule has 26 heavy (non-hydrogen) atoms. The van der Waals surface area contributed by atoms with Gasteiger partial charge in [-0.3, -0.25) is 14.4 Å². The minimum absolute atomic E-state index is 0.00193. The van der Waals surface area contributed by atoms with Crippen molar-refractivity contribution >= 4 is 12.4 Å². The zero-order valence-corrected chi connectivity index (χ0v) is 14.2. The maximum absolute atomic E-state index is 12.2. The molecule has 0 spiro atoms. The number of carbonyl (C=O) groups is 2. The van der Waals surface area contributed by atoms with Gasteiger partial charge in [0.15, 0.2) is 0 Å². The lowest BCUT2D eigenvalue weighted by Gasteiger charge is -2.24. The van der Waals surface area contributed by atoms with Crippen molar-refractivity contribution in [2.45, 2.75) is 38.6 Å². The van der Waals surface area contributed by atoms with Crippen LogP contribution < -0.4 is 16.5 Å². The van der Waals surface area contributed by atoms with Gasteiger partial charge >= 0.3 is 5.63 Å². The number of H-pyrrole nitrogens is 1. The number of hydrogen-bond acceptors (Lipinski definition) is 6. The minimum Gasteiger partial charge on any atom is -0.483 e. The van der Waals surface area contributed by atoms with E-state index in [2.05, 4.69) is 15.3 Å². The zero-order valence-electron chi connectivity index (χ0n) is 14.2. The molecule has 2 heterocycles. The molecule has 0 radical (unpaired) electrons. The molecule has 9 heteroatoms. The first-order valence-corrected chi connectivity index (χ1v) is 8.00. The normalized spacial score (nSPS) is 13.1. The summed E-state index contributed by atoms with van der Waals surface area (Å²) in [5, 5.41) is 9.48. The molecule has 2 aromatic heterocycles. The van der Waals surface area contributed by atoms with E-state index in [1.54, 1.807) is 13.0 Å². The molecule has 1 saturated carbocycles. The number of aryl methyl sites for hydroxylation is 1. The van der Waals surface area contributed by atoms with E-state index in [1.165, 1.54) is 12.4 Å². The number of hydrogen-bond donors (Lipinski definition) is 3. The molecule has 3 rings (SSSR count). The molecule has 1 aliphatic carbocycles. The third-order valence-corrected chi connectivity index (χ3v) is 4.07. The van der Waals surface area contributed by atoms with E-state index in [9.17, 15) is 14.4 Å². The van der Waals surface area contributed by atoms with Crippen molar-refractivity contribution in [3.63, 3.8) is 0 Å². The Hall–Kier alpha value is -3.23. The summed E-state index contributed by atoms with van der Waals surface area (Å²) >= 11 is 0. The number of rotatable bonds is 4. The second-order valence-corrected chi connectivity index (χ2v) is 5.81. The van der Waals surface area contributed by atoms with Crippen LogP contribution in [0.1, 0.15) is 52.6 Å². The molecule has 0 unspecified atom stereocenters. The standard InChI is InChI=1S/C16H17N3O4.CH2O2/c1-9-5-12(10-3-2-4-10)23-16(22)14(9)15(21)17-7-11-6-13(20)19-8-18-11;2-1-3/h5-6,8,10H,2-4,7H2,1H3,(H,17,21)(H,18,19,20);1H,(H,2,3). The maximum Gasteiger partial charge on any atom is 0.349 e. The van der Waals surface area contributed by atoms with E-state index in [1.807, 2.05) is 0 Å². The summed E-state index contributed by atoms with van der Waals surface area (Å²) < 4.78 is 5.30. The van der Waals surface area contributed by atoms with Gasteiger partial charge in [-0.1, -0.05) is 6.42 Å². The van der Waals surface area contributed by atoms with Gasteiger partial charge in [0.1, 0.15) is 11.3 Å². The fourth-order valence-electron chi connectivity index (χ4n) is 2.56. The Balaban J connectivity index is 0.000000758. The summed E-state index contributed by atoms with van der Waals surface area (Å²) in [5.41, 5.74) is 0.0840. The topological polar surface area (TPSA) is 142 Å². The Bertz CT molecular complexity index is 898. The SMILES string of the molecule is Cc1cc(C2CCC2)oc(=O)c1C(=O)NCc1cc(=O)[nH]cn1.O=CO. The molecule has 0 aromatic carbocycles. The molecule has 1 fully saturated rings. The van der Waals surface area contributed by atoms with Gasteiger partial charge in [-0.2, -0.15) is 0 Å². The highest BCUT2D eigenvalue weighted by Crippen LogP contribution is 2.36. The van der Waals surface area contributed by atoms with Crippen molar-refractivity contribution < 1.29 is 19.1 Å². The number of amides is 1. The summed E-state index contributed by atoms with van der Waals surface area (Å²) in [6.45, 7) is 1.53. The van der Waals surface area contributed by atoms with Gasteiger partial charge in [-0.05, 0) is 31.4 Å². The van der Waals surface area contributed by atoms with Gasteiger partial charge in [-0.25, -0.2) is 9.78 Å². The highest BCUT2D eigenvalue weighted by molar-refractivity contribution is 5.95. The first-order chi connectivity index (χ1) is 12.5. The van der Waals surface area contributed by atoms with Crippen LogP contribution in [-0.4, -0.2) is 27.5 Å². The summed E-state index contributed by atoms with van der Waals surface area (Å²) in [5.74, 6) is 0.420. The van der Waals surface area contributed by atoms with Crippen LogP contribution in [0.3, 0.4) is 0 Å². The Morgan fingerprint density at radius 3 is 2.65 bits per heavy atom. The second-order valence-electron chi connectivity index (χ2n) is 5.81. The molecule has 9 nitrogen and oxygen atoms in total. The van der Waals surface area contributed by atoms with E-state index < -0.39 is 11.5 Å². The molecule has 0 bridgehead atoms. The Morgan fingerprint density at radius 1 is 1.42 bits per heavy atom. The number of nitrogens with zero attached hydrogens (tertiary/aromatic N) is 1. The molecular formula is C17H19N3O6. The lowest BCUT2D eigenvalue weighted by Crippen LogP contribution is -2.30. The van der Waals surface area contributed by atoms with E-state index in [-0.39, 0.29) is 24.1 Å². The van der Waals surface area contributed by atoms with Crippen LogP contribution in [0.25, 0.3) is 0 Å². The number of aromatic amines is 1. The molecule has 138 valence electrons. The number of carbonyl (C=O) groups excluding carboxylic acids is 1. The van der Waals surface area contributed by atoms with Crippen LogP contribution in [-0.2, 0) is 11.3 Å². The number of aromatic nitrogens is 2. The zero-order chi connectivity index (χ0) is 19.1. The second kappa shape index (κ2) is 8.75. The summed E-state index contributed by atoms with van der Waals surface area (Å²) in [4.78, 5) is 50.2. The molecule has 2 aromatic rings. The largest absolute Gasteiger partial charge is 0.483 e. The van der Waals surface area contributed by atoms with Crippen molar-refractivity contribution in [1.82, 2.24) is 15.3 Å². The highest BCUT2D eigenvalue weighted by Gasteiger charge is 2.25. The summed E-state index contributed by atoms with van der Waals surface area (Å²) in [6, 6.07) is 3.06. The molecule has 1 amide bonds. The summed E-state index contributed by atoms with van der Waals surface area (Å²) in [7, 11) is 0. The first kappa shape index (κ1) is 19.1. The van der Waals surface area contributed by atoms with Crippen molar-refractivity contribution in [3.05, 3.63) is 61.8 Å². The molecule has 0 atom stereocenters. The maximum atomic E-state index is 12.2. The quantitative estimate of drug-likeness (QED) is 0.687. The van der Waals surface area contributed by atoms with Crippen molar-refractivity contribution in [1.29, 1.82) is 0 Å². The first-order valence-electron chi connectivity index (χ1n) is 8.00. The van der Waals surface area contributed by atoms with Gasteiger partial charge in [0, 0.05) is 12.0 Å². The lowest BCUT2D eigenvalue weighted by molar-refractivity contribution is -0.122. The van der Waals surface area contributed by atoms with Gasteiger partial charge in [0.25, 0.3) is 17.9 Å². The highest BCUT2D eigenvalue weighted by atomic mass is 16.4. The molecular weight excluding hydrogens is 342 g/mol. The van der Waals surface area contributed by atoms with Crippen LogP contribution >= 0.6 is 0 Å². The van der Waals surface area contributed by atoms with E-state index in [4.69, 9.17) is 14.3 Å². The molecule has 0 saturated heterocycles. The molecule has 0 aliphatic heterocycles. The van der Waals surface area contributed by atoms with Crippen LogP contribution in [0.5, 0.6) is 0 Å². The van der Waals surface area contributed by atoms with Crippen LogP contribution in [0, 0.1) is 6.92 Å². The third-order valence-electron chi connectivity index (χ3n) is 4.07. The van der Waals surface area contributed by atoms with Gasteiger partial charge in [0.2, 0.25) is 0 Å². The predicted molar refractivity (Wildman–Crippen MR) is 91.0 cm³/mol. The number of nitrogens with one attached hydrogen (secondary N) is 2. The van der Waals surface area contributed by atoms with Gasteiger partial charge in [-0.15, -0.1) is 0 Å². The van der Waals surface area contributed by atoms with E-state index in [0.29, 0.717) is 22.9 Å². The Kier molecular flexibility index (Phi) is 6.42. The lowest BCUT2D eigenvalue weighted by atomic mass is 9.83. The molecule has 1 aliphatic rings. The fourth-order valence-corrected chi connectivity index (χ4v) is 2.56. The smallest absolute Gasteiger partial charge is 0.349 e. The van der Waals surface area contributed by atoms with E-state index in [0.717, 1.165) is 19.3 Å². The van der Waals surface area contributed by atoms with Crippen LogP contribution in [0.15, 0.2) is 32.5 Å². The van der Waals surface area contributed by atoms with Crippen molar-refractivity contribution in [3.8, 4) is 0 Å². The van der Waals surface area contributed by atoms with Gasteiger partial charge in [0.05, 0.1) is 18.6 Å². The summed E-state index contributed by atoms with van der Waals surface area (Å²) in [6.07, 6.45) is 4.43. The monoisotopic (exact) mass is 361 g/mol. The van der Waals surface area contributed by atoms with Crippen LogP contribution in [0.4, 0.5) is 0 Å². The van der Waals surface area contributed by atoms with Crippen molar-refractivity contribution in [2.75, 3.05) is 0 Å². The Labute approximate surface area is 148 Å². The van der Waals surface area contributed by atoms with Crippen molar-refractivity contribution in [2.24, 2.45) is 0 Å².